The molecule has 0 saturated carbocycles. The lowest BCUT2D eigenvalue weighted by atomic mass is 9.93. The SMILES string of the molecule is CCN1C(=O)CC(C(=O)O)C1c1cc(OC)c(OC)c(OC)c1. The van der Waals surface area contributed by atoms with Crippen molar-refractivity contribution in [1.29, 1.82) is 0 Å². The lowest BCUT2D eigenvalue weighted by Gasteiger charge is -2.27. The predicted octanol–water partition coefficient (Wildman–Crippen LogP) is 1.71. The van der Waals surface area contributed by atoms with E-state index in [1.807, 2.05) is 6.92 Å². The van der Waals surface area contributed by atoms with Crippen molar-refractivity contribution in [2.24, 2.45) is 5.92 Å². The molecule has 2 atom stereocenters. The zero-order valence-electron chi connectivity index (χ0n) is 13.7. The largest absolute Gasteiger partial charge is 0.493 e. The number of amides is 1. The molecule has 1 amide bonds. The van der Waals surface area contributed by atoms with Crippen LogP contribution in [0, 0.1) is 5.92 Å². The normalized spacial score (nSPS) is 20.5. The molecule has 0 radical (unpaired) electrons. The Hall–Kier alpha value is -2.44. The summed E-state index contributed by atoms with van der Waals surface area (Å²) in [7, 11) is 4.48. The molecule has 0 aliphatic carbocycles. The maximum atomic E-state index is 12.1. The second kappa shape index (κ2) is 6.76. The van der Waals surface area contributed by atoms with Crippen molar-refractivity contribution >= 4 is 11.9 Å². The van der Waals surface area contributed by atoms with E-state index in [4.69, 9.17) is 14.2 Å². The summed E-state index contributed by atoms with van der Waals surface area (Å²) in [4.78, 5) is 25.2. The summed E-state index contributed by atoms with van der Waals surface area (Å²) in [5.41, 5.74) is 0.652. The molecular weight excluding hydrogens is 302 g/mol. The van der Waals surface area contributed by atoms with E-state index in [9.17, 15) is 14.7 Å². The zero-order chi connectivity index (χ0) is 17.1. The van der Waals surface area contributed by atoms with Crippen LogP contribution in [0.5, 0.6) is 17.2 Å². The van der Waals surface area contributed by atoms with Gasteiger partial charge in [-0.25, -0.2) is 0 Å². The maximum Gasteiger partial charge on any atom is 0.309 e. The van der Waals surface area contributed by atoms with Crippen molar-refractivity contribution in [2.45, 2.75) is 19.4 Å². The summed E-state index contributed by atoms with van der Waals surface area (Å²) in [6, 6.07) is 2.84. The van der Waals surface area contributed by atoms with Gasteiger partial charge in [-0.05, 0) is 24.6 Å². The molecule has 0 spiro atoms. The molecule has 1 aromatic carbocycles. The Labute approximate surface area is 134 Å². The van der Waals surface area contributed by atoms with Crippen LogP contribution < -0.4 is 14.2 Å². The molecule has 0 bridgehead atoms. The number of carbonyl (C=O) groups excluding carboxylic acids is 1. The molecule has 1 heterocycles. The number of methoxy groups -OCH3 is 3. The van der Waals surface area contributed by atoms with Gasteiger partial charge in [0.15, 0.2) is 11.5 Å². The van der Waals surface area contributed by atoms with E-state index in [2.05, 4.69) is 0 Å². The number of carboxylic acids is 1. The monoisotopic (exact) mass is 323 g/mol. The Bertz CT molecular complexity index is 590. The number of ether oxygens (including phenoxy) is 3. The number of carboxylic acid groups (broad SMARTS) is 1. The molecule has 2 rings (SSSR count). The van der Waals surface area contributed by atoms with E-state index >= 15 is 0 Å². The van der Waals surface area contributed by atoms with Crippen LogP contribution in [0.2, 0.25) is 0 Å². The highest BCUT2D eigenvalue weighted by Crippen LogP contribution is 2.45. The number of aliphatic carboxylic acids is 1. The molecule has 7 heteroatoms. The van der Waals surface area contributed by atoms with Gasteiger partial charge < -0.3 is 24.2 Å². The maximum absolute atomic E-state index is 12.1. The van der Waals surface area contributed by atoms with Crippen LogP contribution in [-0.2, 0) is 9.59 Å². The molecule has 1 fully saturated rings. The summed E-state index contributed by atoms with van der Waals surface area (Å²) >= 11 is 0. The first-order valence-electron chi connectivity index (χ1n) is 7.30. The zero-order valence-corrected chi connectivity index (χ0v) is 13.7. The Morgan fingerprint density at radius 3 is 2.17 bits per heavy atom. The van der Waals surface area contributed by atoms with E-state index < -0.39 is 17.9 Å². The highest BCUT2D eigenvalue weighted by Gasteiger charge is 2.44. The fourth-order valence-corrected chi connectivity index (χ4v) is 3.07. The Kier molecular flexibility index (Phi) is 4.98. The summed E-state index contributed by atoms with van der Waals surface area (Å²) < 4.78 is 15.9. The number of carbonyl (C=O) groups is 2. The molecule has 7 nitrogen and oxygen atoms in total. The van der Waals surface area contributed by atoms with Crippen molar-refractivity contribution in [3.05, 3.63) is 17.7 Å². The molecule has 126 valence electrons. The summed E-state index contributed by atoms with van der Waals surface area (Å²) in [5.74, 6) is -0.669. The third kappa shape index (κ3) is 2.91. The summed E-state index contributed by atoms with van der Waals surface area (Å²) in [5, 5.41) is 9.46. The van der Waals surface area contributed by atoms with Crippen molar-refractivity contribution < 1.29 is 28.9 Å². The van der Waals surface area contributed by atoms with Gasteiger partial charge in [-0.1, -0.05) is 0 Å². The van der Waals surface area contributed by atoms with Crippen LogP contribution in [-0.4, -0.2) is 49.8 Å². The van der Waals surface area contributed by atoms with Crippen LogP contribution in [0.15, 0.2) is 12.1 Å². The van der Waals surface area contributed by atoms with Gasteiger partial charge >= 0.3 is 5.97 Å². The third-order valence-corrected chi connectivity index (χ3v) is 4.12. The van der Waals surface area contributed by atoms with E-state index in [1.165, 1.54) is 21.3 Å². The van der Waals surface area contributed by atoms with E-state index in [0.717, 1.165) is 0 Å². The predicted molar refractivity (Wildman–Crippen MR) is 82.0 cm³/mol. The average Bonchev–Trinajstić information content (AvgIpc) is 2.89. The number of benzene rings is 1. The minimum Gasteiger partial charge on any atom is -0.493 e. The first-order valence-corrected chi connectivity index (χ1v) is 7.30. The van der Waals surface area contributed by atoms with Crippen molar-refractivity contribution in [3.8, 4) is 17.2 Å². The fourth-order valence-electron chi connectivity index (χ4n) is 3.07. The number of likely N-dealkylation sites (tertiary alicyclic amines) is 1. The highest BCUT2D eigenvalue weighted by atomic mass is 16.5. The van der Waals surface area contributed by atoms with E-state index in [1.54, 1.807) is 17.0 Å². The number of nitrogens with zero attached hydrogens (tertiary/aromatic N) is 1. The van der Waals surface area contributed by atoms with Gasteiger partial charge in [0.05, 0.1) is 33.3 Å². The molecule has 23 heavy (non-hydrogen) atoms. The average molecular weight is 323 g/mol. The molecule has 1 aliphatic heterocycles. The van der Waals surface area contributed by atoms with Crippen LogP contribution in [0.25, 0.3) is 0 Å². The topological polar surface area (TPSA) is 85.3 Å². The second-order valence-electron chi connectivity index (χ2n) is 5.23. The van der Waals surface area contributed by atoms with Crippen molar-refractivity contribution in [1.82, 2.24) is 4.90 Å². The smallest absolute Gasteiger partial charge is 0.309 e. The molecule has 2 unspecified atom stereocenters. The highest BCUT2D eigenvalue weighted by molar-refractivity contribution is 5.87. The minimum atomic E-state index is -0.993. The first-order chi connectivity index (χ1) is 11.0. The quantitative estimate of drug-likeness (QED) is 0.858. The Balaban J connectivity index is 2.57. The minimum absolute atomic E-state index is 0.00942. The number of rotatable bonds is 6. The lowest BCUT2D eigenvalue weighted by molar-refractivity contribution is -0.142. The molecule has 1 saturated heterocycles. The summed E-state index contributed by atoms with van der Waals surface area (Å²) in [6.07, 6.45) is -0.00942. The molecular formula is C16H21NO6. The number of hydrogen-bond acceptors (Lipinski definition) is 5. The van der Waals surface area contributed by atoms with Crippen molar-refractivity contribution in [3.63, 3.8) is 0 Å². The van der Waals surface area contributed by atoms with Crippen LogP contribution >= 0.6 is 0 Å². The lowest BCUT2D eigenvalue weighted by Crippen LogP contribution is -2.30. The number of hydrogen-bond donors (Lipinski definition) is 1. The third-order valence-electron chi connectivity index (χ3n) is 4.12. The Morgan fingerprint density at radius 1 is 1.22 bits per heavy atom. The van der Waals surface area contributed by atoms with Gasteiger partial charge in [0.25, 0.3) is 0 Å². The standard InChI is InChI=1S/C16H21NO6/c1-5-17-13(18)8-10(16(19)20)14(17)9-6-11(21-2)15(23-4)12(7-9)22-3/h6-7,10,14H,5,8H2,1-4H3,(H,19,20). The molecule has 1 aliphatic rings. The van der Waals surface area contributed by atoms with Gasteiger partial charge in [0.1, 0.15) is 0 Å². The van der Waals surface area contributed by atoms with Crippen LogP contribution in [0.3, 0.4) is 0 Å². The van der Waals surface area contributed by atoms with Gasteiger partial charge in [-0.3, -0.25) is 9.59 Å². The van der Waals surface area contributed by atoms with Crippen LogP contribution in [0.4, 0.5) is 0 Å². The van der Waals surface area contributed by atoms with Gasteiger partial charge in [0.2, 0.25) is 11.7 Å². The van der Waals surface area contributed by atoms with Gasteiger partial charge in [0, 0.05) is 13.0 Å². The Morgan fingerprint density at radius 2 is 1.78 bits per heavy atom. The van der Waals surface area contributed by atoms with Crippen LogP contribution in [0.1, 0.15) is 24.9 Å². The van der Waals surface area contributed by atoms with Crippen molar-refractivity contribution in [2.75, 3.05) is 27.9 Å². The van der Waals surface area contributed by atoms with Gasteiger partial charge in [-0.15, -0.1) is 0 Å². The molecule has 1 N–H and O–H groups in total. The fraction of sp³-hybridized carbons (Fsp3) is 0.500. The molecule has 1 aromatic rings. The van der Waals surface area contributed by atoms with E-state index in [-0.39, 0.29) is 12.3 Å². The summed E-state index contributed by atoms with van der Waals surface area (Å²) in [6.45, 7) is 2.26. The molecule has 0 aromatic heterocycles. The second-order valence-corrected chi connectivity index (χ2v) is 5.23. The van der Waals surface area contributed by atoms with E-state index in [0.29, 0.717) is 29.4 Å². The first kappa shape index (κ1) is 16.9. The van der Waals surface area contributed by atoms with Gasteiger partial charge in [-0.2, -0.15) is 0 Å².